The Morgan fingerprint density at radius 2 is 1.09 bits per heavy atom. The van der Waals surface area contributed by atoms with E-state index in [2.05, 4.69) is 65.2 Å². The van der Waals surface area contributed by atoms with Crippen LogP contribution in [-0.4, -0.2) is 10.6 Å². The SMILES string of the molecule is CC1=CC(C)[C]([Zr]([C]2=C(C)C(C)=CC2C)[GeH]([CH3])[CH3])=C1C.Cl.Cl. The summed E-state index contributed by atoms with van der Waals surface area (Å²) in [5.74, 6) is 6.77. The van der Waals surface area contributed by atoms with Crippen LogP contribution in [0.15, 0.2) is 41.0 Å². The predicted octanol–water partition coefficient (Wildman–Crippen LogP) is 6.17. The molecule has 2 aliphatic rings. The molecule has 0 aromatic carbocycles. The van der Waals surface area contributed by atoms with E-state index in [-0.39, 0.29) is 24.8 Å². The molecule has 0 saturated carbocycles. The Morgan fingerprint density at radius 1 is 0.773 bits per heavy atom. The van der Waals surface area contributed by atoms with Gasteiger partial charge in [0.05, 0.1) is 0 Å². The second kappa shape index (κ2) is 8.88. The van der Waals surface area contributed by atoms with Gasteiger partial charge in [-0.15, -0.1) is 24.8 Å². The van der Waals surface area contributed by atoms with Crippen LogP contribution < -0.4 is 0 Å². The minimum atomic E-state index is -1.57. The van der Waals surface area contributed by atoms with E-state index in [0.717, 1.165) is 11.8 Å². The molecule has 0 nitrogen and oxygen atoms in total. The molecule has 0 saturated heterocycles. The molecule has 0 N–H and O–H groups in total. The van der Waals surface area contributed by atoms with Crippen molar-refractivity contribution < 1.29 is 19.2 Å². The Hall–Kier alpha value is 0.966. The first-order chi connectivity index (χ1) is 9.25. The minimum Gasteiger partial charge on any atom is -0.147 e. The molecule has 2 rings (SSSR count). The summed E-state index contributed by atoms with van der Waals surface area (Å²) in [6.07, 6.45) is 5.04. The van der Waals surface area contributed by atoms with Gasteiger partial charge in [0.2, 0.25) is 0 Å². The fourth-order valence-electron chi connectivity index (χ4n) is 3.94. The number of rotatable bonds is 3. The van der Waals surface area contributed by atoms with Gasteiger partial charge in [-0.05, 0) is 0 Å². The molecule has 2 unspecified atom stereocenters. The average Bonchev–Trinajstić information content (AvgIpc) is 2.72. The van der Waals surface area contributed by atoms with E-state index in [0.29, 0.717) is 0 Å². The van der Waals surface area contributed by atoms with Crippen molar-refractivity contribution in [3.8, 4) is 0 Å². The third-order valence-corrected chi connectivity index (χ3v) is 36.9. The molecule has 2 atom stereocenters. The topological polar surface area (TPSA) is 0 Å². The normalized spacial score (nSPS) is 24.2. The van der Waals surface area contributed by atoms with Gasteiger partial charge in [0.25, 0.3) is 0 Å². The molecular weight excluding hydrogens is 451 g/mol. The largest absolute Gasteiger partial charge is 0.147 e. The van der Waals surface area contributed by atoms with Gasteiger partial charge in [0, 0.05) is 0 Å². The Morgan fingerprint density at radius 3 is 1.27 bits per heavy atom. The maximum Gasteiger partial charge on any atom is -0.147 e. The Kier molecular flexibility index (Phi) is 9.27. The third-order valence-electron chi connectivity index (χ3n) is 5.06. The summed E-state index contributed by atoms with van der Waals surface area (Å²) in [5, 5.41) is 0. The molecule has 0 aromatic rings. The fourth-order valence-corrected chi connectivity index (χ4v) is 40.8. The summed E-state index contributed by atoms with van der Waals surface area (Å²) in [5.41, 5.74) is 6.45. The number of halogens is 2. The Balaban J connectivity index is 0.00000220. The molecular formula is C18H31Cl2GeZr. The van der Waals surface area contributed by atoms with Crippen molar-refractivity contribution in [2.45, 2.75) is 53.1 Å². The number of hydrogen-bond acceptors (Lipinski definition) is 0. The zero-order valence-corrected chi connectivity index (χ0v) is 21.7. The van der Waals surface area contributed by atoms with E-state index >= 15 is 0 Å². The van der Waals surface area contributed by atoms with Crippen LogP contribution in [0.25, 0.3) is 0 Å². The van der Waals surface area contributed by atoms with Crippen LogP contribution in [0.3, 0.4) is 0 Å². The zero-order chi connectivity index (χ0) is 15.2. The summed E-state index contributed by atoms with van der Waals surface area (Å²) >= 11 is -1.57. The summed E-state index contributed by atoms with van der Waals surface area (Å²) in [6, 6.07) is 0. The van der Waals surface area contributed by atoms with Crippen LogP contribution in [0.5, 0.6) is 0 Å². The van der Waals surface area contributed by atoms with Crippen LogP contribution in [-0.2, 0) is 19.2 Å². The first kappa shape index (κ1) is 23.0. The third kappa shape index (κ3) is 4.13. The van der Waals surface area contributed by atoms with Crippen molar-refractivity contribution in [1.82, 2.24) is 0 Å². The van der Waals surface area contributed by atoms with Gasteiger partial charge in [0.15, 0.2) is 0 Å². The molecule has 0 spiro atoms. The molecule has 0 fully saturated rings. The van der Waals surface area contributed by atoms with E-state index in [4.69, 9.17) is 0 Å². The van der Waals surface area contributed by atoms with Crippen molar-refractivity contribution >= 4 is 35.4 Å². The molecule has 22 heavy (non-hydrogen) atoms. The van der Waals surface area contributed by atoms with Gasteiger partial charge < -0.3 is 0 Å². The van der Waals surface area contributed by atoms with Crippen molar-refractivity contribution in [3.63, 3.8) is 0 Å². The molecule has 0 aliphatic heterocycles. The van der Waals surface area contributed by atoms with Crippen molar-refractivity contribution in [1.29, 1.82) is 0 Å². The van der Waals surface area contributed by atoms with Gasteiger partial charge in [-0.2, -0.15) is 0 Å². The van der Waals surface area contributed by atoms with E-state index < -0.39 is 29.8 Å². The minimum absolute atomic E-state index is 0. The van der Waals surface area contributed by atoms with Gasteiger partial charge in [-0.25, -0.2) is 0 Å². The smallest absolute Gasteiger partial charge is 0.147 e. The molecule has 125 valence electrons. The maximum atomic E-state index is 2.66. The van der Waals surface area contributed by atoms with Gasteiger partial charge in [0.1, 0.15) is 0 Å². The quantitative estimate of drug-likeness (QED) is 0.422. The monoisotopic (exact) mass is 481 g/mol. The molecule has 0 bridgehead atoms. The first-order valence-corrected chi connectivity index (χ1v) is 23.8. The predicted molar refractivity (Wildman–Crippen MR) is 105 cm³/mol. The standard InChI is InChI=1S/2C8H11.C2H7Ge.2ClH.Zr/c2*1-6-4-7(2)8(3)5-6;1-3-2;;;/h2*4,6H,1-3H3;3H,1-2H3;2*1H;. The van der Waals surface area contributed by atoms with Crippen molar-refractivity contribution in [3.05, 3.63) is 41.0 Å². The van der Waals surface area contributed by atoms with Gasteiger partial charge >= 0.3 is 136 Å². The number of allylic oxidation sites excluding steroid dienone is 8. The zero-order valence-electron chi connectivity index (χ0n) is 15.2. The molecule has 0 radical (unpaired) electrons. The fraction of sp³-hybridized carbons (Fsp3) is 0.556. The Labute approximate surface area is 159 Å². The molecule has 0 aromatic heterocycles. The van der Waals surface area contributed by atoms with E-state index in [1.54, 1.807) is 22.3 Å². The Bertz CT molecular complexity index is 509. The van der Waals surface area contributed by atoms with Crippen molar-refractivity contribution in [2.24, 2.45) is 11.8 Å². The first-order valence-electron chi connectivity index (χ1n) is 7.92. The van der Waals surface area contributed by atoms with E-state index in [9.17, 15) is 0 Å². The summed E-state index contributed by atoms with van der Waals surface area (Å²) in [6.45, 7) is 14.3. The molecule has 4 heteroatoms. The van der Waals surface area contributed by atoms with Crippen LogP contribution in [0.4, 0.5) is 0 Å². The maximum absolute atomic E-state index is 2.66. The van der Waals surface area contributed by atoms with Crippen molar-refractivity contribution in [2.75, 3.05) is 0 Å². The summed E-state index contributed by atoms with van der Waals surface area (Å²) < 4.78 is 3.90. The average molecular weight is 482 g/mol. The molecule has 0 amide bonds. The van der Waals surface area contributed by atoms with E-state index in [1.165, 1.54) is 0 Å². The summed E-state index contributed by atoms with van der Waals surface area (Å²) in [7, 11) is -1.09. The van der Waals surface area contributed by atoms with Crippen LogP contribution >= 0.6 is 24.8 Å². The van der Waals surface area contributed by atoms with Crippen LogP contribution in [0.1, 0.15) is 41.5 Å². The second-order valence-corrected chi connectivity index (χ2v) is 38.4. The van der Waals surface area contributed by atoms with Crippen LogP contribution in [0, 0.1) is 11.8 Å². The number of hydrogen-bond donors (Lipinski definition) is 0. The van der Waals surface area contributed by atoms with Gasteiger partial charge in [-0.3, -0.25) is 0 Å². The van der Waals surface area contributed by atoms with Crippen LogP contribution in [0.2, 0.25) is 11.5 Å². The van der Waals surface area contributed by atoms with E-state index in [1.807, 2.05) is 6.56 Å². The van der Waals surface area contributed by atoms with Gasteiger partial charge in [-0.1, -0.05) is 0 Å². The molecule has 0 heterocycles. The summed E-state index contributed by atoms with van der Waals surface area (Å²) in [4.78, 5) is 0. The second-order valence-electron chi connectivity index (χ2n) is 6.92. The molecule has 2 aliphatic carbocycles.